The van der Waals surface area contributed by atoms with Crippen LogP contribution in [0.5, 0.6) is 5.75 Å². The Kier molecular flexibility index (Phi) is 9.49. The van der Waals surface area contributed by atoms with Gasteiger partial charge in [0.15, 0.2) is 0 Å². The average molecular weight is 691 g/mol. The summed E-state index contributed by atoms with van der Waals surface area (Å²) in [7, 11) is -2.70. The van der Waals surface area contributed by atoms with E-state index in [1.807, 2.05) is 7.11 Å². The number of allylic oxidation sites excluding steroid dienone is 4. The third-order valence-corrected chi connectivity index (χ3v) is 34.6. The molecule has 0 saturated heterocycles. The fourth-order valence-electron chi connectivity index (χ4n) is 5.55. The zero-order chi connectivity index (χ0) is 27.4. The van der Waals surface area contributed by atoms with Gasteiger partial charge in [-0.1, -0.05) is 0 Å². The first-order valence-corrected chi connectivity index (χ1v) is 26.6. The van der Waals surface area contributed by atoms with Crippen molar-refractivity contribution in [1.82, 2.24) is 0 Å². The van der Waals surface area contributed by atoms with Crippen molar-refractivity contribution in [1.29, 1.82) is 0 Å². The second-order valence-corrected chi connectivity index (χ2v) is 37.2. The molecule has 1 atom stereocenters. The van der Waals surface area contributed by atoms with Gasteiger partial charge in [-0.15, -0.1) is 0 Å². The van der Waals surface area contributed by atoms with E-state index in [-0.39, 0.29) is 6.67 Å². The molecule has 0 aliphatic heterocycles. The second kappa shape index (κ2) is 10.5. The summed E-state index contributed by atoms with van der Waals surface area (Å²) < 4.78 is 9.61. The summed E-state index contributed by atoms with van der Waals surface area (Å²) >= 11 is -0.839. The van der Waals surface area contributed by atoms with Crippen LogP contribution in [0.1, 0.15) is 52.7 Å². The van der Waals surface area contributed by atoms with E-state index in [0.717, 1.165) is 0 Å². The molecule has 0 amide bonds. The fourth-order valence-corrected chi connectivity index (χ4v) is 38.4. The Bertz CT molecular complexity index is 1000. The summed E-state index contributed by atoms with van der Waals surface area (Å²) in [6, 6.07) is 4.89. The molecular weight excluding hydrogens is 636 g/mol. The molecule has 0 saturated carbocycles. The minimum absolute atomic E-state index is 0.0519. The van der Waals surface area contributed by atoms with Crippen molar-refractivity contribution in [3.63, 3.8) is 0 Å². The number of aryl methyl sites for hydroxylation is 1. The fraction of sp³-hybridized carbons (Fsp3) is 0.667. The molecule has 5 heteroatoms. The summed E-state index contributed by atoms with van der Waals surface area (Å²) in [4.78, 5) is 0. The molecule has 1 aliphatic carbocycles. The third kappa shape index (κ3) is 6.35. The topological polar surface area (TPSA) is 9.23 Å². The van der Waals surface area contributed by atoms with Gasteiger partial charge in [0, 0.05) is 0 Å². The number of benzene rings is 1. The van der Waals surface area contributed by atoms with Gasteiger partial charge in [0.1, 0.15) is 0 Å². The van der Waals surface area contributed by atoms with Crippen LogP contribution >= 0.6 is 0 Å². The van der Waals surface area contributed by atoms with Crippen LogP contribution in [-0.4, -0.2) is 31.3 Å². The number of methoxy groups -OCH3 is 1. The quantitative estimate of drug-likeness (QED) is 0.247. The van der Waals surface area contributed by atoms with Gasteiger partial charge in [0.05, 0.1) is 0 Å². The van der Waals surface area contributed by atoms with Gasteiger partial charge >= 0.3 is 236 Å². The summed E-state index contributed by atoms with van der Waals surface area (Å²) in [5.41, 5.74) is 7.69. The molecule has 0 fully saturated rings. The molecule has 1 nitrogen and oxygen atoms in total. The van der Waals surface area contributed by atoms with Gasteiger partial charge in [0.25, 0.3) is 0 Å². The Morgan fingerprint density at radius 3 is 1.66 bits per heavy atom. The molecule has 0 bridgehead atoms. The Labute approximate surface area is 234 Å². The van der Waals surface area contributed by atoms with Crippen LogP contribution in [-0.2, 0) is 5.41 Å². The van der Waals surface area contributed by atoms with Crippen molar-refractivity contribution >= 4 is 29.4 Å². The molecule has 2 rings (SSSR count). The second-order valence-electron chi connectivity index (χ2n) is 14.6. The van der Waals surface area contributed by atoms with Gasteiger partial charge in [-0.3, -0.25) is 0 Å². The first-order chi connectivity index (χ1) is 15.6. The van der Waals surface area contributed by atoms with Crippen molar-refractivity contribution in [2.24, 2.45) is 0 Å². The molecule has 208 valence electrons. The summed E-state index contributed by atoms with van der Waals surface area (Å²) in [5, 5.41) is 1.54. The van der Waals surface area contributed by atoms with Gasteiger partial charge in [0.2, 0.25) is 0 Å². The van der Waals surface area contributed by atoms with Crippen LogP contribution in [0.2, 0.25) is 58.2 Å². The van der Waals surface area contributed by atoms with Crippen LogP contribution in [0.4, 0.5) is 0 Å². The SMILES string of the molecule is COc1c(C(C)(C)C)cc(C)cc1[Si](C)(C)[C]1([Lu]([CH2][Si](C)(C)C)[CH2][Si](C)(C)C)C(C)=CC(C)=C1C. The molecular formula is C30H55LuOSi3. The van der Waals surface area contributed by atoms with Gasteiger partial charge in [-0.05, 0) is 0 Å². The van der Waals surface area contributed by atoms with Gasteiger partial charge in [-0.25, -0.2) is 0 Å². The van der Waals surface area contributed by atoms with Crippen molar-refractivity contribution < 1.29 is 35.9 Å². The predicted octanol–water partition coefficient (Wildman–Crippen LogP) is 9.42. The van der Waals surface area contributed by atoms with E-state index in [2.05, 4.69) is 119 Å². The molecule has 0 N–H and O–H groups in total. The molecule has 0 spiro atoms. The third-order valence-electron chi connectivity index (χ3n) is 6.74. The molecule has 0 heterocycles. The zero-order valence-corrected chi connectivity index (χ0v) is 30.5. The van der Waals surface area contributed by atoms with E-state index in [1.165, 1.54) is 27.0 Å². The Morgan fingerprint density at radius 2 is 1.31 bits per heavy atom. The van der Waals surface area contributed by atoms with Crippen LogP contribution in [0.25, 0.3) is 0 Å². The van der Waals surface area contributed by atoms with E-state index in [0.29, 0.717) is 0 Å². The zero-order valence-electron chi connectivity index (χ0n) is 25.8. The monoisotopic (exact) mass is 690 g/mol. The van der Waals surface area contributed by atoms with Crippen LogP contribution in [0, 0.1) is 38.0 Å². The summed E-state index contributed by atoms with van der Waals surface area (Å²) in [6.45, 7) is 37.7. The standard InChI is InChI=1S/C22H33OSi.2C4H11Si.Lu/c1-14-11-18(22(5,6)7)20(23-8)19(12-14)24(9,10)21-16(3)13-15(2)17(21)4;2*1-5(2,3)4;/h11-13H,1-10H3;2*1H2,2-4H3;. The first kappa shape index (κ1) is 31.6. The van der Waals surface area contributed by atoms with Crippen LogP contribution in [0.3, 0.4) is 0 Å². The maximum atomic E-state index is 6.36. The van der Waals surface area contributed by atoms with Gasteiger partial charge < -0.3 is 0 Å². The van der Waals surface area contributed by atoms with E-state index in [9.17, 15) is 0 Å². The molecule has 1 unspecified atom stereocenters. The van der Waals surface area contributed by atoms with E-state index < -0.39 is 55.3 Å². The molecule has 0 radical (unpaired) electrons. The van der Waals surface area contributed by atoms with E-state index in [4.69, 9.17) is 4.74 Å². The Balaban J connectivity index is 3.03. The Morgan fingerprint density at radius 1 is 0.829 bits per heavy atom. The van der Waals surface area contributed by atoms with Gasteiger partial charge in [-0.2, -0.15) is 0 Å². The number of hydrogen-bond donors (Lipinski definition) is 0. The van der Waals surface area contributed by atoms with Crippen molar-refractivity contribution in [3.05, 3.63) is 46.1 Å². The molecule has 0 aromatic heterocycles. The average Bonchev–Trinajstić information content (AvgIpc) is 2.87. The minimum atomic E-state index is -2.09. The number of hydrogen-bond acceptors (Lipinski definition) is 1. The number of ether oxygens (including phenoxy) is 1. The molecule has 35 heavy (non-hydrogen) atoms. The van der Waals surface area contributed by atoms with Crippen molar-refractivity contribution in [3.8, 4) is 5.75 Å². The predicted molar refractivity (Wildman–Crippen MR) is 165 cm³/mol. The van der Waals surface area contributed by atoms with Crippen LogP contribution < -0.4 is 9.92 Å². The summed E-state index contributed by atoms with van der Waals surface area (Å²) in [5.74, 6) is 1.17. The normalized spacial score (nSPS) is 20.3. The molecule has 1 aromatic carbocycles. The number of rotatable bonds is 8. The van der Waals surface area contributed by atoms with Crippen molar-refractivity contribution in [2.45, 2.75) is 112 Å². The molecule has 1 aromatic rings. The maximum absolute atomic E-state index is 6.36. The van der Waals surface area contributed by atoms with Crippen LogP contribution in [0.15, 0.2) is 34.9 Å². The molecule has 1 aliphatic rings. The van der Waals surface area contributed by atoms with Crippen molar-refractivity contribution in [2.75, 3.05) is 7.11 Å². The first-order valence-electron chi connectivity index (χ1n) is 13.0. The van der Waals surface area contributed by atoms with E-state index >= 15 is 0 Å². The van der Waals surface area contributed by atoms with E-state index in [1.54, 1.807) is 16.3 Å². The summed E-state index contributed by atoms with van der Waals surface area (Å²) in [6.07, 6.45) is 2.57. The Hall–Kier alpha value is 0.384.